The van der Waals surface area contributed by atoms with E-state index in [-0.39, 0.29) is 12.7 Å². The fraction of sp³-hybridized carbons (Fsp3) is 0.0952. The molecule has 0 spiro atoms. The SMILES string of the molecule is N#Cc1ccc(NC(=O)c2ccnc(NCc3ccc4c(c3)OCO4)c2)cc1. The minimum atomic E-state index is -0.252. The summed E-state index contributed by atoms with van der Waals surface area (Å²) in [4.78, 5) is 16.7. The first kappa shape index (κ1) is 17.4. The summed E-state index contributed by atoms with van der Waals surface area (Å²) in [5, 5.41) is 14.8. The number of carbonyl (C=O) groups excluding carboxylic acids is 1. The molecule has 2 heterocycles. The van der Waals surface area contributed by atoms with E-state index in [1.807, 2.05) is 24.3 Å². The third kappa shape index (κ3) is 3.86. The Morgan fingerprint density at radius 1 is 1.07 bits per heavy atom. The minimum Gasteiger partial charge on any atom is -0.454 e. The molecule has 3 aromatic rings. The van der Waals surface area contributed by atoms with Crippen LogP contribution in [0.5, 0.6) is 11.5 Å². The first-order valence-corrected chi connectivity index (χ1v) is 8.61. The fourth-order valence-electron chi connectivity index (χ4n) is 2.74. The van der Waals surface area contributed by atoms with Gasteiger partial charge in [0.05, 0.1) is 11.6 Å². The molecule has 0 bridgehead atoms. The average molecular weight is 372 g/mol. The van der Waals surface area contributed by atoms with Gasteiger partial charge in [0.1, 0.15) is 5.82 Å². The number of hydrogen-bond donors (Lipinski definition) is 2. The molecule has 28 heavy (non-hydrogen) atoms. The molecule has 4 rings (SSSR count). The molecule has 0 saturated carbocycles. The second-order valence-electron chi connectivity index (χ2n) is 6.11. The van der Waals surface area contributed by atoms with Gasteiger partial charge in [0, 0.05) is 24.0 Å². The predicted octanol–water partition coefficient (Wildman–Crippen LogP) is 3.55. The van der Waals surface area contributed by atoms with Gasteiger partial charge in [0.15, 0.2) is 11.5 Å². The van der Waals surface area contributed by atoms with Gasteiger partial charge in [-0.2, -0.15) is 5.26 Å². The Labute approximate surface area is 161 Å². The van der Waals surface area contributed by atoms with Gasteiger partial charge in [-0.3, -0.25) is 4.79 Å². The minimum absolute atomic E-state index is 0.240. The van der Waals surface area contributed by atoms with E-state index < -0.39 is 0 Å². The van der Waals surface area contributed by atoms with Gasteiger partial charge in [-0.1, -0.05) is 6.07 Å². The van der Waals surface area contributed by atoms with E-state index in [1.54, 1.807) is 42.6 Å². The number of fused-ring (bicyclic) bond motifs is 1. The van der Waals surface area contributed by atoms with Crippen LogP contribution in [0.4, 0.5) is 11.5 Å². The normalized spacial score (nSPS) is 11.5. The van der Waals surface area contributed by atoms with Crippen molar-refractivity contribution in [2.24, 2.45) is 0 Å². The zero-order valence-corrected chi connectivity index (χ0v) is 14.8. The third-order valence-electron chi connectivity index (χ3n) is 4.20. The van der Waals surface area contributed by atoms with Crippen molar-refractivity contribution in [3.8, 4) is 17.6 Å². The Morgan fingerprint density at radius 2 is 1.89 bits per heavy atom. The molecule has 2 N–H and O–H groups in total. The molecule has 138 valence electrons. The van der Waals surface area contributed by atoms with Crippen molar-refractivity contribution in [2.75, 3.05) is 17.4 Å². The number of anilines is 2. The second kappa shape index (κ2) is 7.68. The van der Waals surface area contributed by atoms with Crippen LogP contribution in [0.25, 0.3) is 0 Å². The van der Waals surface area contributed by atoms with Gasteiger partial charge in [-0.25, -0.2) is 4.98 Å². The summed E-state index contributed by atoms with van der Waals surface area (Å²) in [7, 11) is 0. The van der Waals surface area contributed by atoms with Crippen LogP contribution in [0.1, 0.15) is 21.5 Å². The molecule has 1 aromatic heterocycles. The standard InChI is InChI=1S/C21H16N4O3/c22-11-14-1-4-17(5-2-14)25-21(26)16-7-8-23-20(10-16)24-12-15-3-6-18-19(9-15)28-13-27-18/h1-10H,12-13H2,(H,23,24)(H,25,26). The number of aromatic nitrogens is 1. The third-order valence-corrected chi connectivity index (χ3v) is 4.20. The summed E-state index contributed by atoms with van der Waals surface area (Å²) in [5.41, 5.74) is 2.65. The first-order chi connectivity index (χ1) is 13.7. The van der Waals surface area contributed by atoms with E-state index in [0.29, 0.717) is 29.2 Å². The Hall–Kier alpha value is -4.05. The zero-order valence-electron chi connectivity index (χ0n) is 14.8. The lowest BCUT2D eigenvalue weighted by molar-refractivity contribution is 0.102. The summed E-state index contributed by atoms with van der Waals surface area (Å²) in [6.07, 6.45) is 1.58. The summed E-state index contributed by atoms with van der Waals surface area (Å²) >= 11 is 0. The molecule has 7 heteroatoms. The van der Waals surface area contributed by atoms with E-state index in [2.05, 4.69) is 15.6 Å². The largest absolute Gasteiger partial charge is 0.454 e. The van der Waals surface area contributed by atoms with Gasteiger partial charge in [0.2, 0.25) is 6.79 Å². The van der Waals surface area contributed by atoms with Crippen LogP contribution < -0.4 is 20.1 Å². The molecule has 1 aliphatic heterocycles. The maximum atomic E-state index is 12.5. The van der Waals surface area contributed by atoms with Crippen molar-refractivity contribution in [3.05, 3.63) is 77.5 Å². The van der Waals surface area contributed by atoms with E-state index in [9.17, 15) is 4.79 Å². The number of benzene rings is 2. The molecule has 0 saturated heterocycles. The van der Waals surface area contributed by atoms with Gasteiger partial charge in [-0.15, -0.1) is 0 Å². The summed E-state index contributed by atoms with van der Waals surface area (Å²) < 4.78 is 10.7. The molecule has 0 fully saturated rings. The lowest BCUT2D eigenvalue weighted by Gasteiger charge is -2.09. The molecule has 1 amide bonds. The molecule has 0 aliphatic carbocycles. The number of hydrogen-bond acceptors (Lipinski definition) is 6. The van der Waals surface area contributed by atoms with Gasteiger partial charge in [-0.05, 0) is 54.1 Å². The number of ether oxygens (including phenoxy) is 2. The highest BCUT2D eigenvalue weighted by atomic mass is 16.7. The highest BCUT2D eigenvalue weighted by Gasteiger charge is 2.13. The second-order valence-corrected chi connectivity index (χ2v) is 6.11. The number of nitrogens with zero attached hydrogens (tertiary/aromatic N) is 2. The Morgan fingerprint density at radius 3 is 2.71 bits per heavy atom. The quantitative estimate of drug-likeness (QED) is 0.711. The van der Waals surface area contributed by atoms with Crippen molar-refractivity contribution < 1.29 is 14.3 Å². The van der Waals surface area contributed by atoms with E-state index in [4.69, 9.17) is 14.7 Å². The highest BCUT2D eigenvalue weighted by Crippen LogP contribution is 2.32. The lowest BCUT2D eigenvalue weighted by atomic mass is 10.2. The van der Waals surface area contributed by atoms with Crippen molar-refractivity contribution in [2.45, 2.75) is 6.54 Å². The Bertz CT molecular complexity index is 1060. The van der Waals surface area contributed by atoms with Crippen LogP contribution in [0, 0.1) is 11.3 Å². The molecule has 7 nitrogen and oxygen atoms in total. The van der Waals surface area contributed by atoms with Crippen LogP contribution in [0.2, 0.25) is 0 Å². The summed E-state index contributed by atoms with van der Waals surface area (Å²) in [6.45, 7) is 0.772. The lowest BCUT2D eigenvalue weighted by Crippen LogP contribution is -2.12. The predicted molar refractivity (Wildman–Crippen MR) is 103 cm³/mol. The zero-order chi connectivity index (χ0) is 19.3. The summed E-state index contributed by atoms with van der Waals surface area (Å²) in [5.74, 6) is 1.80. The number of pyridine rings is 1. The van der Waals surface area contributed by atoms with Crippen molar-refractivity contribution >= 4 is 17.4 Å². The molecule has 1 aliphatic rings. The summed E-state index contributed by atoms with van der Waals surface area (Å²) in [6, 6.07) is 17.8. The molecule has 0 radical (unpaired) electrons. The Balaban J connectivity index is 1.40. The number of nitrogens with one attached hydrogen (secondary N) is 2. The number of nitriles is 1. The fourth-order valence-corrected chi connectivity index (χ4v) is 2.74. The van der Waals surface area contributed by atoms with Gasteiger partial charge < -0.3 is 20.1 Å². The van der Waals surface area contributed by atoms with E-state index >= 15 is 0 Å². The Kier molecular flexibility index (Phi) is 4.76. The monoisotopic (exact) mass is 372 g/mol. The van der Waals surface area contributed by atoms with Crippen molar-refractivity contribution in [1.82, 2.24) is 4.98 Å². The number of carbonyl (C=O) groups is 1. The van der Waals surface area contributed by atoms with E-state index in [0.717, 1.165) is 17.1 Å². The molecule has 0 atom stereocenters. The van der Waals surface area contributed by atoms with Crippen LogP contribution in [0.3, 0.4) is 0 Å². The smallest absolute Gasteiger partial charge is 0.255 e. The topological polar surface area (TPSA) is 96.3 Å². The van der Waals surface area contributed by atoms with Crippen LogP contribution >= 0.6 is 0 Å². The van der Waals surface area contributed by atoms with Crippen molar-refractivity contribution in [3.63, 3.8) is 0 Å². The number of amides is 1. The highest BCUT2D eigenvalue weighted by molar-refractivity contribution is 6.04. The first-order valence-electron chi connectivity index (χ1n) is 8.61. The van der Waals surface area contributed by atoms with Gasteiger partial charge in [0.25, 0.3) is 5.91 Å². The van der Waals surface area contributed by atoms with E-state index in [1.165, 1.54) is 0 Å². The maximum absolute atomic E-state index is 12.5. The van der Waals surface area contributed by atoms with Crippen LogP contribution in [-0.4, -0.2) is 17.7 Å². The maximum Gasteiger partial charge on any atom is 0.255 e. The van der Waals surface area contributed by atoms with Crippen molar-refractivity contribution in [1.29, 1.82) is 5.26 Å². The average Bonchev–Trinajstić information content (AvgIpc) is 3.21. The van der Waals surface area contributed by atoms with Gasteiger partial charge >= 0.3 is 0 Å². The molecule has 0 unspecified atom stereocenters. The van der Waals surface area contributed by atoms with Crippen LogP contribution in [0.15, 0.2) is 60.8 Å². The van der Waals surface area contributed by atoms with Crippen LogP contribution in [-0.2, 0) is 6.54 Å². The number of rotatable bonds is 5. The molecular formula is C21H16N4O3. The molecular weight excluding hydrogens is 356 g/mol. The molecule has 2 aromatic carbocycles.